The number of ketones is 1. The highest BCUT2D eigenvalue weighted by atomic mass is 79.9. The lowest BCUT2D eigenvalue weighted by molar-refractivity contribution is 0.103. The van der Waals surface area contributed by atoms with Gasteiger partial charge in [0.05, 0.1) is 17.3 Å². The van der Waals surface area contributed by atoms with E-state index in [1.165, 1.54) is 16.9 Å². The molecule has 0 aliphatic carbocycles. The highest BCUT2D eigenvalue weighted by molar-refractivity contribution is 9.10. The Kier molecular flexibility index (Phi) is 6.44. The number of benzene rings is 1. The lowest BCUT2D eigenvalue weighted by Gasteiger charge is -2.02. The Balaban J connectivity index is 0.000000511. The molecule has 0 spiro atoms. The van der Waals surface area contributed by atoms with E-state index in [4.69, 9.17) is 5.11 Å². The molecule has 0 saturated heterocycles. The number of aromatic nitrogens is 3. The second kappa shape index (κ2) is 8.55. The fourth-order valence-electron chi connectivity index (χ4n) is 1.90. The van der Waals surface area contributed by atoms with Crippen molar-refractivity contribution in [2.75, 3.05) is 0 Å². The minimum absolute atomic E-state index is 0.0613. The van der Waals surface area contributed by atoms with Crippen LogP contribution in [0.4, 0.5) is 0 Å². The van der Waals surface area contributed by atoms with Crippen molar-refractivity contribution in [1.82, 2.24) is 14.8 Å². The number of hydrogen-bond donors (Lipinski definition) is 2. The van der Waals surface area contributed by atoms with Crippen LogP contribution in [0, 0.1) is 0 Å². The number of phenols is 1. The number of hydrogen-bond acceptors (Lipinski definition) is 5. The van der Waals surface area contributed by atoms with Gasteiger partial charge in [0, 0.05) is 23.0 Å². The van der Waals surface area contributed by atoms with E-state index in [2.05, 4.69) is 26.0 Å². The number of rotatable bonds is 3. The molecule has 2 heterocycles. The molecule has 25 heavy (non-hydrogen) atoms. The van der Waals surface area contributed by atoms with Crippen molar-refractivity contribution in [2.45, 2.75) is 20.0 Å². The van der Waals surface area contributed by atoms with Crippen LogP contribution in [0.25, 0.3) is 5.82 Å². The molecule has 0 unspecified atom stereocenters. The first kappa shape index (κ1) is 18.8. The largest absolute Gasteiger partial charge is 0.507 e. The molecule has 0 atom stereocenters. The molecule has 0 fully saturated rings. The molecule has 0 aliphatic heterocycles. The summed E-state index contributed by atoms with van der Waals surface area (Å²) >= 11 is 3.28. The highest BCUT2D eigenvalue weighted by Gasteiger charge is 2.16. The molecule has 0 aliphatic rings. The monoisotopic (exact) mass is 403 g/mol. The lowest BCUT2D eigenvalue weighted by atomic mass is 10.1. The molecule has 6 nitrogen and oxygen atoms in total. The number of nitrogens with zero attached hydrogens (tertiary/aromatic N) is 3. The predicted molar refractivity (Wildman–Crippen MR) is 98.0 cm³/mol. The van der Waals surface area contributed by atoms with Gasteiger partial charge in [-0.1, -0.05) is 22.0 Å². The van der Waals surface area contributed by atoms with Crippen LogP contribution in [0.15, 0.2) is 59.5 Å². The van der Waals surface area contributed by atoms with Gasteiger partial charge >= 0.3 is 0 Å². The van der Waals surface area contributed by atoms with Gasteiger partial charge in [-0.25, -0.2) is 9.67 Å². The minimum atomic E-state index is -0.295. The van der Waals surface area contributed by atoms with Crippen LogP contribution in [-0.4, -0.2) is 36.9 Å². The van der Waals surface area contributed by atoms with Gasteiger partial charge in [0.2, 0.25) is 0 Å². The molecular weight excluding hydrogens is 386 g/mol. The summed E-state index contributed by atoms with van der Waals surface area (Å²) in [5.41, 5.74) is 0.610. The van der Waals surface area contributed by atoms with Gasteiger partial charge < -0.3 is 10.2 Å². The fourth-order valence-corrected chi connectivity index (χ4v) is 2.26. The Morgan fingerprint density at radius 1 is 1.24 bits per heavy atom. The van der Waals surface area contributed by atoms with Gasteiger partial charge in [-0.05, 0) is 44.2 Å². The van der Waals surface area contributed by atoms with E-state index in [-0.39, 0.29) is 23.2 Å². The number of carbonyl (C=O) groups is 1. The van der Waals surface area contributed by atoms with E-state index in [1.807, 2.05) is 6.07 Å². The van der Waals surface area contributed by atoms with Crippen molar-refractivity contribution in [3.63, 3.8) is 0 Å². The third-order valence-electron chi connectivity index (χ3n) is 2.93. The summed E-state index contributed by atoms with van der Waals surface area (Å²) in [6, 6.07) is 10.2. The van der Waals surface area contributed by atoms with E-state index in [0.717, 1.165) is 4.47 Å². The Hall–Kier alpha value is -2.51. The zero-order valence-corrected chi connectivity index (χ0v) is 15.4. The van der Waals surface area contributed by atoms with E-state index < -0.39 is 0 Å². The Labute approximate surface area is 153 Å². The normalized spacial score (nSPS) is 10.3. The number of aliphatic hydroxyl groups is 1. The van der Waals surface area contributed by atoms with Gasteiger partial charge in [-0.2, -0.15) is 5.10 Å². The maximum Gasteiger partial charge on any atom is 0.199 e. The van der Waals surface area contributed by atoms with Crippen LogP contribution in [0.1, 0.15) is 29.8 Å². The average molecular weight is 404 g/mol. The summed E-state index contributed by atoms with van der Waals surface area (Å²) in [7, 11) is 0. The van der Waals surface area contributed by atoms with E-state index in [1.54, 1.807) is 50.5 Å². The number of pyridine rings is 1. The number of carbonyl (C=O) groups excluding carboxylic acids is 1. The SMILES string of the molecule is CC(C)O.O=C(c1cnn(-c2ccccn2)c1)c1cc(Br)ccc1O. The number of phenolic OH excluding ortho intramolecular Hbond substituents is 1. The average Bonchev–Trinajstić information content (AvgIpc) is 3.07. The molecular formula is C18H18BrN3O3. The van der Waals surface area contributed by atoms with Gasteiger partial charge in [-0.3, -0.25) is 4.79 Å². The Bertz CT molecular complexity index is 845. The van der Waals surface area contributed by atoms with Crippen molar-refractivity contribution in [3.05, 3.63) is 70.6 Å². The van der Waals surface area contributed by atoms with Crippen LogP contribution in [0.2, 0.25) is 0 Å². The smallest absolute Gasteiger partial charge is 0.199 e. The molecule has 0 bridgehead atoms. The third-order valence-corrected chi connectivity index (χ3v) is 3.43. The summed E-state index contributed by atoms with van der Waals surface area (Å²) in [6.45, 7) is 3.44. The zero-order valence-electron chi connectivity index (χ0n) is 13.8. The summed E-state index contributed by atoms with van der Waals surface area (Å²) in [5.74, 6) is 0.264. The van der Waals surface area contributed by atoms with Crippen molar-refractivity contribution in [3.8, 4) is 11.6 Å². The van der Waals surface area contributed by atoms with Crippen LogP contribution in [0.5, 0.6) is 5.75 Å². The van der Waals surface area contributed by atoms with Gasteiger partial charge in [-0.15, -0.1) is 0 Å². The second-order valence-electron chi connectivity index (χ2n) is 5.45. The molecule has 130 valence electrons. The first-order valence-corrected chi connectivity index (χ1v) is 8.35. The molecule has 2 N–H and O–H groups in total. The highest BCUT2D eigenvalue weighted by Crippen LogP contribution is 2.24. The van der Waals surface area contributed by atoms with Gasteiger partial charge in [0.1, 0.15) is 5.75 Å². The van der Waals surface area contributed by atoms with Crippen molar-refractivity contribution < 1.29 is 15.0 Å². The van der Waals surface area contributed by atoms with E-state index in [9.17, 15) is 9.90 Å². The maximum absolute atomic E-state index is 12.4. The predicted octanol–water partition coefficient (Wildman–Crippen LogP) is 3.35. The molecule has 7 heteroatoms. The van der Waals surface area contributed by atoms with E-state index >= 15 is 0 Å². The minimum Gasteiger partial charge on any atom is -0.507 e. The Morgan fingerprint density at radius 2 is 1.96 bits per heavy atom. The fraction of sp³-hybridized carbons (Fsp3) is 0.167. The quantitative estimate of drug-likeness (QED) is 0.654. The lowest BCUT2D eigenvalue weighted by Crippen LogP contribution is -2.01. The van der Waals surface area contributed by atoms with Crippen LogP contribution < -0.4 is 0 Å². The summed E-state index contributed by atoms with van der Waals surface area (Å²) in [5, 5.41) is 22.0. The van der Waals surface area contributed by atoms with Crippen LogP contribution in [0.3, 0.4) is 0 Å². The van der Waals surface area contributed by atoms with Crippen LogP contribution in [-0.2, 0) is 0 Å². The standard InChI is InChI=1S/C15H10BrN3O2.C3H8O/c16-11-4-5-13(20)12(7-11)15(21)10-8-18-19(9-10)14-3-1-2-6-17-14;1-3(2)4/h1-9,20H;3-4H,1-2H3. The van der Waals surface area contributed by atoms with Gasteiger partial charge in [0.15, 0.2) is 11.6 Å². The molecule has 3 rings (SSSR count). The molecule has 0 amide bonds. The molecule has 0 saturated carbocycles. The van der Waals surface area contributed by atoms with Gasteiger partial charge in [0.25, 0.3) is 0 Å². The van der Waals surface area contributed by atoms with Crippen LogP contribution >= 0.6 is 15.9 Å². The summed E-state index contributed by atoms with van der Waals surface area (Å²) < 4.78 is 2.24. The first-order valence-electron chi connectivity index (χ1n) is 7.56. The third kappa shape index (κ3) is 5.23. The van der Waals surface area contributed by atoms with Crippen molar-refractivity contribution >= 4 is 21.7 Å². The second-order valence-corrected chi connectivity index (χ2v) is 6.36. The molecule has 1 aromatic carbocycles. The first-order chi connectivity index (χ1) is 11.9. The molecule has 3 aromatic rings. The number of aliphatic hydroxyl groups excluding tert-OH is 1. The number of halogens is 1. The molecule has 0 radical (unpaired) electrons. The zero-order chi connectivity index (χ0) is 18.4. The van der Waals surface area contributed by atoms with Crippen molar-refractivity contribution in [2.24, 2.45) is 0 Å². The van der Waals surface area contributed by atoms with Crippen molar-refractivity contribution in [1.29, 1.82) is 0 Å². The maximum atomic E-state index is 12.4. The topological polar surface area (TPSA) is 88.2 Å². The summed E-state index contributed by atoms with van der Waals surface area (Å²) in [4.78, 5) is 16.6. The number of aromatic hydroxyl groups is 1. The molecule has 2 aromatic heterocycles. The summed E-state index contributed by atoms with van der Waals surface area (Å²) in [6.07, 6.45) is 4.53. The Morgan fingerprint density at radius 3 is 2.60 bits per heavy atom. The van der Waals surface area contributed by atoms with E-state index in [0.29, 0.717) is 11.4 Å².